The minimum atomic E-state index is -1.08. The molecule has 3 aromatic heterocycles. The lowest BCUT2D eigenvalue weighted by atomic mass is 9.96. The van der Waals surface area contributed by atoms with Crippen LogP contribution in [0, 0.1) is 6.92 Å². The molecule has 0 radical (unpaired) electrons. The van der Waals surface area contributed by atoms with E-state index >= 15 is 0 Å². The van der Waals surface area contributed by atoms with Crippen molar-refractivity contribution in [1.29, 1.82) is 0 Å². The molecule has 9 nitrogen and oxygen atoms in total. The number of anilines is 1. The Balaban J connectivity index is 1.46. The van der Waals surface area contributed by atoms with Gasteiger partial charge >= 0.3 is 5.97 Å². The zero-order chi connectivity index (χ0) is 27.3. The van der Waals surface area contributed by atoms with Gasteiger partial charge in [-0.15, -0.1) is 11.3 Å². The Bertz CT molecular complexity index is 1810. The highest BCUT2D eigenvalue weighted by Crippen LogP contribution is 2.45. The second-order valence-corrected chi connectivity index (χ2v) is 10.7. The van der Waals surface area contributed by atoms with E-state index in [0.29, 0.717) is 31.4 Å². The largest absolute Gasteiger partial charge is 0.503 e. The number of carboxylic acids is 1. The second-order valence-electron chi connectivity index (χ2n) is 8.74. The van der Waals surface area contributed by atoms with Gasteiger partial charge in [0, 0.05) is 18.0 Å². The number of hydrogen-bond donors (Lipinski definition) is 2. The maximum absolute atomic E-state index is 14.0. The molecule has 1 unspecified atom stereocenters. The van der Waals surface area contributed by atoms with Crippen LogP contribution in [0.2, 0.25) is 0 Å². The fourth-order valence-corrected chi connectivity index (χ4v) is 6.53. The third-order valence-corrected chi connectivity index (χ3v) is 8.53. The summed E-state index contributed by atoms with van der Waals surface area (Å²) in [4.78, 5) is 53.8. The predicted molar refractivity (Wildman–Crippen MR) is 147 cm³/mol. The van der Waals surface area contributed by atoms with Crippen molar-refractivity contribution >= 4 is 55.7 Å². The summed E-state index contributed by atoms with van der Waals surface area (Å²) in [5.74, 6) is -3.05. The molecule has 39 heavy (non-hydrogen) atoms. The molecule has 0 saturated heterocycles. The van der Waals surface area contributed by atoms with Crippen LogP contribution in [-0.2, 0) is 4.79 Å². The molecule has 11 heteroatoms. The summed E-state index contributed by atoms with van der Waals surface area (Å²) in [6, 6.07) is 16.3. The first-order valence-corrected chi connectivity index (χ1v) is 13.3. The van der Waals surface area contributed by atoms with Gasteiger partial charge < -0.3 is 10.2 Å². The first-order valence-electron chi connectivity index (χ1n) is 11.7. The Morgan fingerprint density at radius 2 is 1.79 bits per heavy atom. The van der Waals surface area contributed by atoms with Crippen LogP contribution < -0.4 is 4.90 Å². The number of rotatable bonds is 6. The van der Waals surface area contributed by atoms with E-state index in [2.05, 4.69) is 15.0 Å². The molecule has 1 aliphatic heterocycles. The smallest absolute Gasteiger partial charge is 0.335 e. The lowest BCUT2D eigenvalue weighted by Crippen LogP contribution is -2.31. The number of amides is 1. The number of fused-ring (bicyclic) bond motifs is 1. The van der Waals surface area contributed by atoms with Gasteiger partial charge in [0.25, 0.3) is 5.91 Å². The van der Waals surface area contributed by atoms with Gasteiger partial charge in [0.15, 0.2) is 10.9 Å². The highest BCUT2D eigenvalue weighted by molar-refractivity contribution is 7.22. The average molecular weight is 555 g/mol. The number of Topliss-reactive ketones (excluding diaryl/α,β-unsaturated/α-hetero) is 1. The monoisotopic (exact) mass is 554 g/mol. The summed E-state index contributed by atoms with van der Waals surface area (Å²) in [6.07, 6.45) is 3.10. The molecule has 0 fully saturated rings. The molecule has 5 aromatic rings. The van der Waals surface area contributed by atoms with Crippen LogP contribution in [0.1, 0.15) is 37.3 Å². The van der Waals surface area contributed by atoms with Crippen molar-refractivity contribution in [2.75, 3.05) is 4.90 Å². The van der Waals surface area contributed by atoms with Gasteiger partial charge in [-0.3, -0.25) is 19.5 Å². The number of aromatic nitrogens is 3. The summed E-state index contributed by atoms with van der Waals surface area (Å²) >= 11 is 2.29. The summed E-state index contributed by atoms with van der Waals surface area (Å²) < 4.78 is 0.549. The SMILES string of the molecule is Cc1nc(-c2ccccc2)sc1C(=O)C1=C(O)C(=O)N(c2nc3ccc(C(=O)O)cc3s2)C1c1cccnc1. The van der Waals surface area contributed by atoms with Crippen LogP contribution >= 0.6 is 22.7 Å². The average Bonchev–Trinajstić information content (AvgIpc) is 3.62. The van der Waals surface area contributed by atoms with E-state index in [1.54, 1.807) is 31.3 Å². The minimum absolute atomic E-state index is 0.0842. The van der Waals surface area contributed by atoms with Crippen LogP contribution in [0.25, 0.3) is 20.8 Å². The zero-order valence-corrected chi connectivity index (χ0v) is 21.9. The fraction of sp³-hybridized carbons (Fsp3) is 0.0714. The first-order chi connectivity index (χ1) is 18.8. The van der Waals surface area contributed by atoms with Gasteiger partial charge in [0.2, 0.25) is 5.78 Å². The zero-order valence-electron chi connectivity index (χ0n) is 20.2. The van der Waals surface area contributed by atoms with Gasteiger partial charge in [-0.05, 0) is 36.8 Å². The van der Waals surface area contributed by atoms with Gasteiger partial charge in [-0.25, -0.2) is 14.8 Å². The van der Waals surface area contributed by atoms with Crippen LogP contribution in [0.15, 0.2) is 84.4 Å². The van der Waals surface area contributed by atoms with Gasteiger partial charge in [0.05, 0.1) is 38.0 Å². The van der Waals surface area contributed by atoms with Crippen molar-refractivity contribution in [3.8, 4) is 10.6 Å². The molecule has 2 aromatic carbocycles. The summed E-state index contributed by atoms with van der Waals surface area (Å²) in [5.41, 5.74) is 2.33. The Labute approximate surface area is 229 Å². The molecule has 2 N–H and O–H groups in total. The molecule has 1 aliphatic rings. The lowest BCUT2D eigenvalue weighted by molar-refractivity contribution is -0.117. The van der Waals surface area contributed by atoms with Crippen LogP contribution in [0.5, 0.6) is 0 Å². The standard InChI is InChI=1S/C28H18N4O5S2/c1-14-24(39-25(30-14)15-6-3-2-4-7-15)22(33)20-21(17-8-5-11-29-13-17)32(26(35)23(20)34)28-31-18-10-9-16(27(36)37)12-19(18)38-28/h2-13,21,34H,1H3,(H,36,37). The molecule has 1 amide bonds. The quantitative estimate of drug-likeness (QED) is 0.259. The van der Waals surface area contributed by atoms with Gasteiger partial charge in [-0.1, -0.05) is 47.7 Å². The van der Waals surface area contributed by atoms with Crippen LogP contribution in [-0.4, -0.2) is 42.8 Å². The molecule has 1 atom stereocenters. The van der Waals surface area contributed by atoms with E-state index in [1.807, 2.05) is 30.3 Å². The molecule has 192 valence electrons. The van der Waals surface area contributed by atoms with Gasteiger partial charge in [0.1, 0.15) is 5.01 Å². The van der Waals surface area contributed by atoms with Crippen LogP contribution in [0.3, 0.4) is 0 Å². The molecule has 0 spiro atoms. The maximum Gasteiger partial charge on any atom is 0.335 e. The van der Waals surface area contributed by atoms with Crippen molar-refractivity contribution in [3.05, 3.63) is 106 Å². The number of nitrogens with zero attached hydrogens (tertiary/aromatic N) is 4. The van der Waals surface area contributed by atoms with E-state index in [0.717, 1.165) is 16.9 Å². The number of aliphatic hydroxyl groups is 1. The van der Waals surface area contributed by atoms with E-state index in [9.17, 15) is 24.6 Å². The van der Waals surface area contributed by atoms with Crippen molar-refractivity contribution in [2.45, 2.75) is 13.0 Å². The molecular weight excluding hydrogens is 536 g/mol. The van der Waals surface area contributed by atoms with E-state index < -0.39 is 29.5 Å². The molecule has 0 saturated carbocycles. The number of hydrogen-bond acceptors (Lipinski definition) is 9. The molecule has 0 bridgehead atoms. The van der Waals surface area contributed by atoms with E-state index in [1.165, 1.54) is 34.6 Å². The van der Waals surface area contributed by atoms with E-state index in [4.69, 9.17) is 0 Å². The topological polar surface area (TPSA) is 134 Å². The number of benzene rings is 2. The van der Waals surface area contributed by atoms with Crippen molar-refractivity contribution in [2.24, 2.45) is 0 Å². The van der Waals surface area contributed by atoms with Crippen molar-refractivity contribution in [1.82, 2.24) is 15.0 Å². The van der Waals surface area contributed by atoms with E-state index in [-0.39, 0.29) is 16.3 Å². The summed E-state index contributed by atoms with van der Waals surface area (Å²) in [6.45, 7) is 1.72. The highest BCUT2D eigenvalue weighted by atomic mass is 32.1. The third-order valence-electron chi connectivity index (χ3n) is 6.31. The second kappa shape index (κ2) is 9.53. The molecule has 0 aliphatic carbocycles. The number of aromatic carboxylic acids is 1. The number of ketones is 1. The summed E-state index contributed by atoms with van der Waals surface area (Å²) in [7, 11) is 0. The normalized spacial score (nSPS) is 15.4. The molecule has 6 rings (SSSR count). The predicted octanol–water partition coefficient (Wildman–Crippen LogP) is 5.60. The lowest BCUT2D eigenvalue weighted by Gasteiger charge is -2.24. The fourth-order valence-electron chi connectivity index (χ4n) is 4.47. The minimum Gasteiger partial charge on any atom is -0.503 e. The molecular formula is C28H18N4O5S2. The Morgan fingerprint density at radius 3 is 2.51 bits per heavy atom. The number of pyridine rings is 1. The number of thiazole rings is 2. The van der Waals surface area contributed by atoms with Crippen molar-refractivity contribution < 1.29 is 24.6 Å². The van der Waals surface area contributed by atoms with Gasteiger partial charge in [-0.2, -0.15) is 0 Å². The third kappa shape index (κ3) is 4.17. The summed E-state index contributed by atoms with van der Waals surface area (Å²) in [5, 5.41) is 21.3. The number of carbonyl (C=O) groups is 3. The Morgan fingerprint density at radius 1 is 1.00 bits per heavy atom. The number of aliphatic hydroxyl groups excluding tert-OH is 1. The maximum atomic E-state index is 14.0. The Hall–Kier alpha value is -4.74. The van der Waals surface area contributed by atoms with Crippen LogP contribution in [0.4, 0.5) is 5.13 Å². The number of carboxylic acid groups (broad SMARTS) is 1. The Kier molecular flexibility index (Phi) is 6.01. The highest BCUT2D eigenvalue weighted by Gasteiger charge is 2.46. The number of carbonyl (C=O) groups excluding carboxylic acids is 2. The van der Waals surface area contributed by atoms with Crippen molar-refractivity contribution in [3.63, 3.8) is 0 Å². The molecule has 4 heterocycles. The number of aryl methyl sites for hydroxylation is 1. The first kappa shape index (κ1) is 24.6.